The molecule has 5 nitrogen and oxygen atoms in total. The maximum absolute atomic E-state index is 12.9. The fourth-order valence-electron chi connectivity index (χ4n) is 2.74. The van der Waals surface area contributed by atoms with Crippen LogP contribution in [0.15, 0.2) is 81.5 Å². The Morgan fingerprint density at radius 3 is 2.21 bits per heavy atom. The van der Waals surface area contributed by atoms with Crippen LogP contribution < -0.4 is 0 Å². The Hall–Kier alpha value is -2.51. The lowest BCUT2D eigenvalue weighted by Crippen LogP contribution is -2.19. The number of esters is 1. The van der Waals surface area contributed by atoms with Crippen LogP contribution in [0.4, 0.5) is 0 Å². The molecule has 0 bridgehead atoms. The summed E-state index contributed by atoms with van der Waals surface area (Å²) in [5.74, 6) is -0.455. The number of halogens is 1. The molecule has 2 aromatic carbocycles. The van der Waals surface area contributed by atoms with Crippen molar-refractivity contribution in [3.05, 3.63) is 88.2 Å². The van der Waals surface area contributed by atoms with Crippen LogP contribution in [0, 0.1) is 0 Å². The summed E-state index contributed by atoms with van der Waals surface area (Å²) < 4.78 is 5.93. The third-order valence-corrected chi connectivity index (χ3v) is 5.23. The number of thioether (sulfide) groups is 1. The summed E-state index contributed by atoms with van der Waals surface area (Å²) >= 11 is 4.87. The zero-order chi connectivity index (χ0) is 20.6. The van der Waals surface area contributed by atoms with E-state index in [2.05, 4.69) is 25.9 Å². The third-order valence-electron chi connectivity index (χ3n) is 4.05. The molecule has 0 fully saturated rings. The van der Waals surface area contributed by atoms with Gasteiger partial charge < -0.3 is 4.74 Å². The van der Waals surface area contributed by atoms with Gasteiger partial charge in [-0.25, -0.2) is 14.8 Å². The van der Waals surface area contributed by atoms with Gasteiger partial charge in [0.05, 0.1) is 22.5 Å². The zero-order valence-corrected chi connectivity index (χ0v) is 18.5. The minimum atomic E-state index is -0.923. The summed E-state index contributed by atoms with van der Waals surface area (Å²) in [6.07, 6.45) is 3.52. The molecule has 1 heterocycles. The molecule has 0 saturated carbocycles. The average Bonchev–Trinajstić information content (AvgIpc) is 2.76. The number of benzene rings is 2. The van der Waals surface area contributed by atoms with Gasteiger partial charge in [-0.1, -0.05) is 72.4 Å². The van der Waals surface area contributed by atoms with Crippen LogP contribution in [0.1, 0.15) is 29.8 Å². The minimum Gasteiger partial charge on any atom is -0.464 e. The molecule has 0 saturated heterocycles. The summed E-state index contributed by atoms with van der Waals surface area (Å²) in [6, 6.07) is 18.6. The van der Waals surface area contributed by atoms with E-state index in [1.165, 1.54) is 11.8 Å². The smallest absolute Gasteiger partial charge is 0.337 e. The molecule has 1 atom stereocenters. The number of aromatic nitrogens is 2. The van der Waals surface area contributed by atoms with E-state index in [9.17, 15) is 4.79 Å². The highest BCUT2D eigenvalue weighted by molar-refractivity contribution is 9.10. The standard InChI is InChI=1S/C22H20BrN3O2S/c1-3-28-21(27)20(19-17(23)14-24-22(26-19)29-2)25-18(15-10-6-4-7-11-15)16-12-8-5-9-13-16/h4-14,20H,3H2,1-2H3. The van der Waals surface area contributed by atoms with Crippen molar-refractivity contribution >= 4 is 39.4 Å². The van der Waals surface area contributed by atoms with E-state index in [1.807, 2.05) is 66.9 Å². The molecule has 148 valence electrons. The summed E-state index contributed by atoms with van der Waals surface area (Å²) in [6.45, 7) is 2.03. The Labute approximate surface area is 182 Å². The van der Waals surface area contributed by atoms with E-state index >= 15 is 0 Å². The summed E-state index contributed by atoms with van der Waals surface area (Å²) in [5.41, 5.74) is 2.99. The number of carbonyl (C=O) groups is 1. The minimum absolute atomic E-state index is 0.259. The predicted molar refractivity (Wildman–Crippen MR) is 119 cm³/mol. The van der Waals surface area contributed by atoms with Gasteiger partial charge in [-0.3, -0.25) is 4.99 Å². The Balaban J connectivity index is 2.19. The van der Waals surface area contributed by atoms with Crippen molar-refractivity contribution in [3.8, 4) is 0 Å². The molecule has 29 heavy (non-hydrogen) atoms. The Kier molecular flexibility index (Phi) is 7.55. The van der Waals surface area contributed by atoms with Crippen molar-refractivity contribution in [1.82, 2.24) is 9.97 Å². The van der Waals surface area contributed by atoms with E-state index in [4.69, 9.17) is 9.73 Å². The van der Waals surface area contributed by atoms with Crippen LogP contribution in [-0.2, 0) is 9.53 Å². The second-order valence-electron chi connectivity index (χ2n) is 5.95. The van der Waals surface area contributed by atoms with Crippen LogP contribution in [0.5, 0.6) is 0 Å². The molecule has 1 unspecified atom stereocenters. The van der Waals surface area contributed by atoms with E-state index in [0.29, 0.717) is 21.0 Å². The quantitative estimate of drug-likeness (QED) is 0.208. The predicted octanol–water partition coefficient (Wildman–Crippen LogP) is 5.10. The Morgan fingerprint density at radius 2 is 1.69 bits per heavy atom. The number of carbonyl (C=O) groups excluding carboxylic acids is 1. The van der Waals surface area contributed by atoms with E-state index in [-0.39, 0.29) is 6.61 Å². The van der Waals surface area contributed by atoms with Gasteiger partial charge in [0.15, 0.2) is 11.2 Å². The van der Waals surface area contributed by atoms with Crippen molar-refractivity contribution in [3.63, 3.8) is 0 Å². The Bertz CT molecular complexity index is 956. The number of hydrogen-bond acceptors (Lipinski definition) is 6. The highest BCUT2D eigenvalue weighted by Crippen LogP contribution is 2.28. The first-order valence-corrected chi connectivity index (χ1v) is 11.1. The van der Waals surface area contributed by atoms with Gasteiger partial charge in [0.25, 0.3) is 0 Å². The first kappa shape index (κ1) is 21.2. The number of ether oxygens (including phenoxy) is 1. The molecule has 0 aliphatic heterocycles. The number of nitrogens with zero attached hydrogens (tertiary/aromatic N) is 3. The third kappa shape index (κ3) is 5.31. The van der Waals surface area contributed by atoms with Gasteiger partial charge >= 0.3 is 5.97 Å². The summed E-state index contributed by atoms with van der Waals surface area (Å²) in [4.78, 5) is 26.5. The van der Waals surface area contributed by atoms with Gasteiger partial charge in [0.1, 0.15) is 0 Å². The average molecular weight is 470 g/mol. The lowest BCUT2D eigenvalue weighted by Gasteiger charge is -2.16. The molecule has 0 radical (unpaired) electrons. The summed E-state index contributed by atoms with van der Waals surface area (Å²) in [5, 5.41) is 0.564. The van der Waals surface area contributed by atoms with Crippen molar-refractivity contribution < 1.29 is 9.53 Å². The van der Waals surface area contributed by atoms with E-state index < -0.39 is 12.0 Å². The van der Waals surface area contributed by atoms with Crippen molar-refractivity contribution in [2.24, 2.45) is 4.99 Å². The van der Waals surface area contributed by atoms with Gasteiger partial charge in [-0.2, -0.15) is 0 Å². The van der Waals surface area contributed by atoms with Crippen LogP contribution in [0.3, 0.4) is 0 Å². The molecule has 1 aromatic heterocycles. The van der Waals surface area contributed by atoms with Crippen molar-refractivity contribution in [1.29, 1.82) is 0 Å². The molecule has 3 rings (SSSR count). The number of rotatable bonds is 7. The van der Waals surface area contributed by atoms with Crippen LogP contribution in [0.2, 0.25) is 0 Å². The molecule has 0 aliphatic carbocycles. The van der Waals surface area contributed by atoms with Crippen LogP contribution in [0.25, 0.3) is 0 Å². The van der Waals surface area contributed by atoms with E-state index in [0.717, 1.165) is 11.1 Å². The van der Waals surface area contributed by atoms with Gasteiger partial charge in [-0.05, 0) is 29.1 Å². The monoisotopic (exact) mass is 469 g/mol. The molecule has 7 heteroatoms. The SMILES string of the molecule is CCOC(=O)C(N=C(c1ccccc1)c1ccccc1)c1nc(SC)ncc1Br. The zero-order valence-electron chi connectivity index (χ0n) is 16.1. The maximum Gasteiger partial charge on any atom is 0.337 e. The second kappa shape index (κ2) is 10.3. The molecule has 0 amide bonds. The van der Waals surface area contributed by atoms with Crippen LogP contribution in [-0.4, -0.2) is 34.5 Å². The number of hydrogen-bond donors (Lipinski definition) is 0. The molecule has 0 aliphatic rings. The highest BCUT2D eigenvalue weighted by atomic mass is 79.9. The first-order chi connectivity index (χ1) is 14.1. The van der Waals surface area contributed by atoms with Gasteiger partial charge in [0.2, 0.25) is 0 Å². The highest BCUT2D eigenvalue weighted by Gasteiger charge is 2.27. The van der Waals surface area contributed by atoms with E-state index in [1.54, 1.807) is 13.1 Å². The second-order valence-corrected chi connectivity index (χ2v) is 7.58. The molecular formula is C22H20BrN3O2S. The lowest BCUT2D eigenvalue weighted by molar-refractivity contribution is -0.144. The Morgan fingerprint density at radius 1 is 1.10 bits per heavy atom. The molecule has 0 spiro atoms. The lowest BCUT2D eigenvalue weighted by atomic mass is 10.0. The largest absolute Gasteiger partial charge is 0.464 e. The van der Waals surface area contributed by atoms with Crippen molar-refractivity contribution in [2.75, 3.05) is 12.9 Å². The molecular weight excluding hydrogens is 450 g/mol. The fraction of sp³-hybridized carbons (Fsp3) is 0.182. The fourth-order valence-corrected chi connectivity index (χ4v) is 3.49. The van der Waals surface area contributed by atoms with Crippen molar-refractivity contribution in [2.45, 2.75) is 18.1 Å². The topological polar surface area (TPSA) is 64.4 Å². The number of aliphatic imine (C=N–C) groups is 1. The van der Waals surface area contributed by atoms with Gasteiger partial charge in [0, 0.05) is 17.3 Å². The molecule has 3 aromatic rings. The first-order valence-electron chi connectivity index (χ1n) is 9.05. The van der Waals surface area contributed by atoms with Gasteiger partial charge in [-0.15, -0.1) is 0 Å². The normalized spacial score (nSPS) is 11.6. The maximum atomic E-state index is 12.9. The van der Waals surface area contributed by atoms with Crippen LogP contribution >= 0.6 is 27.7 Å². The summed E-state index contributed by atoms with van der Waals surface area (Å²) in [7, 11) is 0. The molecule has 0 N–H and O–H groups in total.